The highest BCUT2D eigenvalue weighted by atomic mass is 16.5. The second kappa shape index (κ2) is 5.80. The predicted octanol–water partition coefficient (Wildman–Crippen LogP) is 3.47. The predicted molar refractivity (Wildman–Crippen MR) is 82.9 cm³/mol. The number of rotatable bonds is 5. The molecule has 1 aromatic carbocycles. The first-order valence-corrected chi connectivity index (χ1v) is 8.22. The largest absolute Gasteiger partial charge is 0.464 e. The number of carbonyl (C=O) groups is 1. The van der Waals surface area contributed by atoms with Crippen LogP contribution in [0, 0.1) is 5.92 Å². The molecule has 3 rings (SSSR count). The lowest BCUT2D eigenvalue weighted by Crippen LogP contribution is -2.48. The Labute approximate surface area is 126 Å². The van der Waals surface area contributed by atoms with Gasteiger partial charge in [0, 0.05) is 0 Å². The number of hydrogen-bond donors (Lipinski definition) is 1. The van der Waals surface area contributed by atoms with Gasteiger partial charge in [-0.2, -0.15) is 0 Å². The minimum absolute atomic E-state index is 0.230. The smallest absolute Gasteiger partial charge is 0.331 e. The van der Waals surface area contributed by atoms with Crippen LogP contribution in [-0.2, 0) is 15.1 Å². The van der Waals surface area contributed by atoms with Crippen molar-refractivity contribution in [2.45, 2.75) is 56.9 Å². The maximum atomic E-state index is 12.3. The fourth-order valence-corrected chi connectivity index (χ4v) is 3.60. The Hall–Kier alpha value is -1.35. The van der Waals surface area contributed by atoms with Crippen molar-refractivity contribution < 1.29 is 9.53 Å². The lowest BCUT2D eigenvalue weighted by Gasteiger charge is -2.28. The Morgan fingerprint density at radius 1 is 1.19 bits per heavy atom. The van der Waals surface area contributed by atoms with Crippen LogP contribution in [0.1, 0.15) is 62.5 Å². The van der Waals surface area contributed by atoms with E-state index in [-0.39, 0.29) is 11.9 Å². The van der Waals surface area contributed by atoms with Crippen LogP contribution in [0.2, 0.25) is 0 Å². The third-order valence-electron chi connectivity index (χ3n) is 5.05. The molecule has 0 bridgehead atoms. The Morgan fingerprint density at radius 2 is 1.81 bits per heavy atom. The van der Waals surface area contributed by atoms with E-state index < -0.39 is 5.54 Å². The van der Waals surface area contributed by atoms with E-state index in [0.29, 0.717) is 12.5 Å². The topological polar surface area (TPSA) is 52.3 Å². The fourth-order valence-electron chi connectivity index (χ4n) is 3.60. The van der Waals surface area contributed by atoms with Crippen LogP contribution in [0.25, 0.3) is 0 Å². The van der Waals surface area contributed by atoms with E-state index in [1.165, 1.54) is 31.2 Å². The normalized spacial score (nSPS) is 22.0. The first-order valence-electron chi connectivity index (χ1n) is 8.22. The number of esters is 1. The second-order valence-electron chi connectivity index (χ2n) is 6.47. The van der Waals surface area contributed by atoms with Crippen LogP contribution in [0.4, 0.5) is 0 Å². The van der Waals surface area contributed by atoms with E-state index in [4.69, 9.17) is 10.5 Å². The van der Waals surface area contributed by atoms with E-state index in [2.05, 4.69) is 12.1 Å². The Morgan fingerprint density at radius 3 is 2.33 bits per heavy atom. The van der Waals surface area contributed by atoms with Crippen LogP contribution < -0.4 is 5.73 Å². The minimum atomic E-state index is -0.954. The number of benzene rings is 1. The summed E-state index contributed by atoms with van der Waals surface area (Å²) in [5, 5.41) is 0. The fraction of sp³-hybridized carbons (Fsp3) is 0.611. The lowest BCUT2D eigenvalue weighted by molar-refractivity contribution is -0.151. The third-order valence-corrected chi connectivity index (χ3v) is 5.05. The molecule has 0 radical (unpaired) electrons. The van der Waals surface area contributed by atoms with E-state index in [0.717, 1.165) is 18.4 Å². The molecule has 2 N–H and O–H groups in total. The first kappa shape index (κ1) is 14.6. The van der Waals surface area contributed by atoms with Gasteiger partial charge in [0.15, 0.2) is 0 Å². The molecule has 0 aromatic heterocycles. The SMILES string of the molecule is CCOC(=O)C(N)(c1ccc(C2CCCC2)cc1)C1CC1. The molecule has 3 nitrogen and oxygen atoms in total. The molecule has 21 heavy (non-hydrogen) atoms. The van der Waals surface area contributed by atoms with Crippen LogP contribution in [-0.4, -0.2) is 12.6 Å². The monoisotopic (exact) mass is 287 g/mol. The molecule has 2 aliphatic rings. The Balaban J connectivity index is 1.84. The molecular weight excluding hydrogens is 262 g/mol. The highest BCUT2D eigenvalue weighted by Gasteiger charge is 2.50. The molecule has 2 fully saturated rings. The van der Waals surface area contributed by atoms with Crippen LogP contribution in [0.5, 0.6) is 0 Å². The van der Waals surface area contributed by atoms with Crippen LogP contribution >= 0.6 is 0 Å². The molecule has 0 saturated heterocycles. The van der Waals surface area contributed by atoms with Crippen molar-refractivity contribution in [3.05, 3.63) is 35.4 Å². The Kier molecular flexibility index (Phi) is 4.03. The zero-order chi connectivity index (χ0) is 14.9. The van der Waals surface area contributed by atoms with Crippen molar-refractivity contribution in [1.29, 1.82) is 0 Å². The summed E-state index contributed by atoms with van der Waals surface area (Å²) in [6, 6.07) is 8.41. The van der Waals surface area contributed by atoms with E-state index in [1.807, 2.05) is 19.1 Å². The van der Waals surface area contributed by atoms with Gasteiger partial charge in [0.1, 0.15) is 5.54 Å². The summed E-state index contributed by atoms with van der Waals surface area (Å²) in [5.41, 5.74) is 7.82. The zero-order valence-electron chi connectivity index (χ0n) is 12.8. The molecular formula is C18H25NO2. The highest BCUT2D eigenvalue weighted by Crippen LogP contribution is 2.45. The maximum absolute atomic E-state index is 12.3. The van der Waals surface area contributed by atoms with Crippen molar-refractivity contribution in [2.24, 2.45) is 11.7 Å². The standard InChI is InChI=1S/C18H25NO2/c1-2-21-17(20)18(19,16-11-12-16)15-9-7-14(8-10-15)13-5-3-4-6-13/h7-10,13,16H,2-6,11-12,19H2,1H3. The average molecular weight is 287 g/mol. The maximum Gasteiger partial charge on any atom is 0.331 e. The summed E-state index contributed by atoms with van der Waals surface area (Å²) in [5.74, 6) is 0.643. The summed E-state index contributed by atoms with van der Waals surface area (Å²) < 4.78 is 5.23. The summed E-state index contributed by atoms with van der Waals surface area (Å²) >= 11 is 0. The van der Waals surface area contributed by atoms with Gasteiger partial charge in [-0.3, -0.25) is 0 Å². The molecule has 3 heteroatoms. The molecule has 2 aliphatic carbocycles. The molecule has 0 amide bonds. The second-order valence-corrected chi connectivity index (χ2v) is 6.47. The lowest BCUT2D eigenvalue weighted by atomic mass is 9.84. The number of nitrogens with two attached hydrogens (primary N) is 1. The molecule has 2 saturated carbocycles. The van der Waals surface area contributed by atoms with Gasteiger partial charge < -0.3 is 10.5 Å². The van der Waals surface area contributed by atoms with Gasteiger partial charge >= 0.3 is 5.97 Å². The van der Waals surface area contributed by atoms with Crippen molar-refractivity contribution in [1.82, 2.24) is 0 Å². The molecule has 0 spiro atoms. The zero-order valence-corrected chi connectivity index (χ0v) is 12.8. The number of hydrogen-bond acceptors (Lipinski definition) is 3. The molecule has 0 heterocycles. The summed E-state index contributed by atoms with van der Waals surface area (Å²) in [6.07, 6.45) is 7.26. The highest BCUT2D eigenvalue weighted by molar-refractivity contribution is 5.83. The van der Waals surface area contributed by atoms with Crippen molar-refractivity contribution in [2.75, 3.05) is 6.61 Å². The van der Waals surface area contributed by atoms with Gasteiger partial charge in [-0.25, -0.2) is 4.79 Å². The summed E-state index contributed by atoms with van der Waals surface area (Å²) in [4.78, 5) is 12.3. The molecule has 0 aliphatic heterocycles. The van der Waals surface area contributed by atoms with Gasteiger partial charge in [0.05, 0.1) is 6.61 Å². The van der Waals surface area contributed by atoms with Gasteiger partial charge in [-0.15, -0.1) is 0 Å². The molecule has 114 valence electrons. The minimum Gasteiger partial charge on any atom is -0.464 e. The summed E-state index contributed by atoms with van der Waals surface area (Å²) in [6.45, 7) is 2.21. The van der Waals surface area contributed by atoms with E-state index >= 15 is 0 Å². The number of carbonyl (C=O) groups excluding carboxylic acids is 1. The van der Waals surface area contributed by atoms with Gasteiger partial charge in [0.25, 0.3) is 0 Å². The van der Waals surface area contributed by atoms with Gasteiger partial charge in [-0.05, 0) is 55.6 Å². The van der Waals surface area contributed by atoms with Crippen LogP contribution in [0.3, 0.4) is 0 Å². The first-order chi connectivity index (χ1) is 10.2. The average Bonchev–Trinajstić information content (AvgIpc) is 3.22. The number of ether oxygens (including phenoxy) is 1. The molecule has 1 unspecified atom stereocenters. The van der Waals surface area contributed by atoms with Gasteiger partial charge in [0.2, 0.25) is 0 Å². The van der Waals surface area contributed by atoms with Crippen molar-refractivity contribution in [3.8, 4) is 0 Å². The quantitative estimate of drug-likeness (QED) is 0.844. The third kappa shape index (κ3) is 2.71. The van der Waals surface area contributed by atoms with Crippen LogP contribution in [0.15, 0.2) is 24.3 Å². The Bertz CT molecular complexity index is 500. The van der Waals surface area contributed by atoms with E-state index in [1.54, 1.807) is 0 Å². The van der Waals surface area contributed by atoms with E-state index in [9.17, 15) is 4.79 Å². The molecule has 1 atom stereocenters. The molecule has 1 aromatic rings. The van der Waals surface area contributed by atoms with Gasteiger partial charge in [-0.1, -0.05) is 37.1 Å². The summed E-state index contributed by atoms with van der Waals surface area (Å²) in [7, 11) is 0. The van der Waals surface area contributed by atoms with Crippen molar-refractivity contribution in [3.63, 3.8) is 0 Å². The van der Waals surface area contributed by atoms with Crippen molar-refractivity contribution >= 4 is 5.97 Å².